The Morgan fingerprint density at radius 1 is 0.676 bits per heavy atom. The van der Waals surface area contributed by atoms with Gasteiger partial charge in [-0.3, -0.25) is 9.59 Å². The fraction of sp³-hybridized carbons (Fsp3) is 0.161. The second kappa shape index (κ2) is 9.47. The van der Waals surface area contributed by atoms with Gasteiger partial charge < -0.3 is 19.3 Å². The second-order valence-electron chi connectivity index (χ2n) is 9.28. The molecule has 1 fully saturated rings. The predicted molar refractivity (Wildman–Crippen MR) is 137 cm³/mol. The van der Waals surface area contributed by atoms with Gasteiger partial charge in [0, 0.05) is 11.8 Å². The number of aliphatic carboxylic acids is 1. The van der Waals surface area contributed by atoms with Gasteiger partial charge in [0.15, 0.2) is 11.5 Å². The number of benzene rings is 4. The molecule has 0 amide bonds. The van der Waals surface area contributed by atoms with Crippen molar-refractivity contribution in [2.24, 2.45) is 11.8 Å². The fourth-order valence-electron chi connectivity index (χ4n) is 5.53. The van der Waals surface area contributed by atoms with E-state index in [0.717, 1.165) is 22.3 Å². The highest BCUT2D eigenvalue weighted by Crippen LogP contribution is 2.58. The van der Waals surface area contributed by atoms with Crippen LogP contribution in [0.25, 0.3) is 11.1 Å². The van der Waals surface area contributed by atoms with Gasteiger partial charge in [0.05, 0.1) is 11.8 Å². The number of hydrogen-bond acceptors (Lipinski definition) is 5. The minimum Gasteiger partial charge on any atom is -0.481 e. The number of carbonyl (C=O) groups is 2. The van der Waals surface area contributed by atoms with Crippen LogP contribution in [0.1, 0.15) is 23.0 Å². The zero-order valence-corrected chi connectivity index (χ0v) is 19.8. The molecular formula is C31H24O6. The predicted octanol–water partition coefficient (Wildman–Crippen LogP) is 5.89. The van der Waals surface area contributed by atoms with Crippen molar-refractivity contribution < 1.29 is 28.9 Å². The summed E-state index contributed by atoms with van der Waals surface area (Å²) >= 11 is 0. The zero-order chi connectivity index (χ0) is 25.4. The molecule has 0 spiro atoms. The monoisotopic (exact) mass is 492 g/mol. The lowest BCUT2D eigenvalue weighted by Gasteiger charge is -2.48. The third kappa shape index (κ3) is 4.20. The van der Waals surface area contributed by atoms with Crippen LogP contribution in [0.15, 0.2) is 103 Å². The lowest BCUT2D eigenvalue weighted by molar-refractivity contribution is -0.158. The number of carboxylic acids is 1. The lowest BCUT2D eigenvalue weighted by atomic mass is 9.52. The first-order valence-corrected chi connectivity index (χ1v) is 12.1. The summed E-state index contributed by atoms with van der Waals surface area (Å²) in [7, 11) is 0. The number of carboxylic acid groups (broad SMARTS) is 1. The summed E-state index contributed by atoms with van der Waals surface area (Å²) in [5.41, 5.74) is 3.40. The molecule has 6 nitrogen and oxygen atoms in total. The van der Waals surface area contributed by atoms with Gasteiger partial charge in [0.25, 0.3) is 0 Å². The quantitative estimate of drug-likeness (QED) is 0.267. The Balaban J connectivity index is 1.32. The maximum absolute atomic E-state index is 13.7. The van der Waals surface area contributed by atoms with Crippen molar-refractivity contribution in [2.45, 2.75) is 11.8 Å². The SMILES string of the molecule is O=C(O)[C@@H]1C(c2ccccc2)[C@@H](C(=O)Oc2cccc(-c3ccc4c(c3)OCO4)c2)[C@@H]1c1ccccc1. The van der Waals surface area contributed by atoms with E-state index in [2.05, 4.69) is 0 Å². The van der Waals surface area contributed by atoms with Crippen LogP contribution in [0.3, 0.4) is 0 Å². The van der Waals surface area contributed by atoms with Crippen LogP contribution in [0.2, 0.25) is 0 Å². The molecule has 1 N–H and O–H groups in total. The maximum atomic E-state index is 13.7. The largest absolute Gasteiger partial charge is 0.481 e. The molecule has 1 unspecified atom stereocenters. The average molecular weight is 493 g/mol. The van der Waals surface area contributed by atoms with Crippen molar-refractivity contribution in [3.63, 3.8) is 0 Å². The van der Waals surface area contributed by atoms with E-state index >= 15 is 0 Å². The molecule has 4 atom stereocenters. The molecule has 1 aliphatic carbocycles. The van der Waals surface area contributed by atoms with Crippen molar-refractivity contribution in [2.75, 3.05) is 6.79 Å². The molecule has 37 heavy (non-hydrogen) atoms. The number of fused-ring (bicyclic) bond motifs is 1. The fourth-order valence-corrected chi connectivity index (χ4v) is 5.53. The van der Waals surface area contributed by atoms with Gasteiger partial charge in [-0.2, -0.15) is 0 Å². The summed E-state index contributed by atoms with van der Waals surface area (Å²) in [5, 5.41) is 10.1. The molecule has 6 rings (SSSR count). The summed E-state index contributed by atoms with van der Waals surface area (Å²) in [6, 6.07) is 31.7. The van der Waals surface area contributed by atoms with Gasteiger partial charge in [-0.1, -0.05) is 78.9 Å². The summed E-state index contributed by atoms with van der Waals surface area (Å²) < 4.78 is 16.8. The van der Waals surface area contributed by atoms with Crippen LogP contribution in [0.4, 0.5) is 0 Å². The average Bonchev–Trinajstić information content (AvgIpc) is 3.37. The highest BCUT2D eigenvalue weighted by atomic mass is 16.7. The molecule has 0 bridgehead atoms. The Hall–Kier alpha value is -4.58. The smallest absolute Gasteiger partial charge is 0.315 e. The zero-order valence-electron chi connectivity index (χ0n) is 19.8. The number of carbonyl (C=O) groups excluding carboxylic acids is 1. The topological polar surface area (TPSA) is 82.1 Å². The van der Waals surface area contributed by atoms with Crippen LogP contribution >= 0.6 is 0 Å². The number of rotatable bonds is 6. The molecule has 0 aromatic heterocycles. The molecule has 1 aliphatic heterocycles. The van der Waals surface area contributed by atoms with Crippen LogP contribution in [0.5, 0.6) is 17.2 Å². The second-order valence-corrected chi connectivity index (χ2v) is 9.28. The molecule has 0 radical (unpaired) electrons. The van der Waals surface area contributed by atoms with Crippen molar-refractivity contribution >= 4 is 11.9 Å². The van der Waals surface area contributed by atoms with Crippen LogP contribution in [-0.2, 0) is 9.59 Å². The minimum atomic E-state index is -0.920. The van der Waals surface area contributed by atoms with Crippen molar-refractivity contribution in [1.82, 2.24) is 0 Å². The minimum absolute atomic E-state index is 0.195. The Morgan fingerprint density at radius 2 is 1.30 bits per heavy atom. The van der Waals surface area contributed by atoms with E-state index in [1.165, 1.54) is 0 Å². The Kier molecular flexibility index (Phi) is 5.85. The molecule has 184 valence electrons. The van der Waals surface area contributed by atoms with E-state index < -0.39 is 35.6 Å². The normalized spacial score (nSPS) is 21.6. The van der Waals surface area contributed by atoms with Gasteiger partial charge in [-0.25, -0.2) is 0 Å². The number of hydrogen-bond donors (Lipinski definition) is 1. The third-order valence-electron chi connectivity index (χ3n) is 7.23. The number of ether oxygens (including phenoxy) is 3. The Labute approximate surface area is 214 Å². The van der Waals surface area contributed by atoms with Crippen molar-refractivity contribution in [3.8, 4) is 28.4 Å². The molecular weight excluding hydrogens is 468 g/mol. The number of esters is 1. The Morgan fingerprint density at radius 3 is 1.95 bits per heavy atom. The van der Waals surface area contributed by atoms with Gasteiger partial charge >= 0.3 is 11.9 Å². The van der Waals surface area contributed by atoms with Gasteiger partial charge in [0.2, 0.25) is 6.79 Å². The van der Waals surface area contributed by atoms with Crippen molar-refractivity contribution in [3.05, 3.63) is 114 Å². The molecule has 6 heteroatoms. The summed E-state index contributed by atoms with van der Waals surface area (Å²) in [6.07, 6.45) is 0. The maximum Gasteiger partial charge on any atom is 0.315 e. The van der Waals surface area contributed by atoms with E-state index in [9.17, 15) is 14.7 Å². The van der Waals surface area contributed by atoms with E-state index in [4.69, 9.17) is 14.2 Å². The van der Waals surface area contributed by atoms with E-state index in [0.29, 0.717) is 17.2 Å². The highest BCUT2D eigenvalue weighted by molar-refractivity contribution is 5.86. The first-order valence-electron chi connectivity index (χ1n) is 12.1. The molecule has 1 heterocycles. The first-order chi connectivity index (χ1) is 18.1. The highest BCUT2D eigenvalue weighted by Gasteiger charge is 2.59. The van der Waals surface area contributed by atoms with Crippen molar-refractivity contribution in [1.29, 1.82) is 0 Å². The standard InChI is InChI=1S/C31H24O6/c32-30(33)28-26(19-8-3-1-4-9-19)29(27(28)20-10-5-2-6-11-20)31(34)37-23-13-7-12-21(16-23)22-14-15-24-25(17-22)36-18-35-24/h1-17,26-29H,18H2,(H,32,33)/t26-,27?,28+,29+/m1/s1. The summed E-state index contributed by atoms with van der Waals surface area (Å²) in [6.45, 7) is 0.195. The molecule has 2 aliphatic rings. The van der Waals surface area contributed by atoms with E-state index in [-0.39, 0.29) is 6.79 Å². The van der Waals surface area contributed by atoms with Crippen LogP contribution < -0.4 is 14.2 Å². The van der Waals surface area contributed by atoms with Crippen LogP contribution in [0, 0.1) is 11.8 Å². The summed E-state index contributed by atoms with van der Waals surface area (Å²) in [5.74, 6) is -1.95. The first kappa shape index (κ1) is 22.9. The molecule has 4 aromatic carbocycles. The third-order valence-corrected chi connectivity index (χ3v) is 7.23. The molecule has 1 saturated carbocycles. The molecule has 0 saturated heterocycles. The lowest BCUT2D eigenvalue weighted by Crippen LogP contribution is -2.52. The van der Waals surface area contributed by atoms with Crippen LogP contribution in [-0.4, -0.2) is 23.8 Å². The van der Waals surface area contributed by atoms with Gasteiger partial charge in [-0.05, 0) is 46.5 Å². The van der Waals surface area contributed by atoms with E-state index in [1.807, 2.05) is 91.0 Å². The Bertz CT molecular complexity index is 1400. The molecule has 4 aromatic rings. The van der Waals surface area contributed by atoms with Gasteiger partial charge in [0.1, 0.15) is 5.75 Å². The summed E-state index contributed by atoms with van der Waals surface area (Å²) in [4.78, 5) is 26.1. The van der Waals surface area contributed by atoms with Gasteiger partial charge in [-0.15, -0.1) is 0 Å². The van der Waals surface area contributed by atoms with E-state index in [1.54, 1.807) is 12.1 Å².